The van der Waals surface area contributed by atoms with Gasteiger partial charge in [0.25, 0.3) is 5.91 Å². The summed E-state index contributed by atoms with van der Waals surface area (Å²) < 4.78 is 1.65. The molecule has 11 nitrogen and oxygen atoms in total. The monoisotopic (exact) mass is 524 g/mol. The molecule has 1 fully saturated rings. The number of likely N-dealkylation sites (N-methyl/N-ethyl adjacent to an activating group) is 1. The summed E-state index contributed by atoms with van der Waals surface area (Å²) >= 11 is 6.57. The molecule has 4 rings (SSSR count). The van der Waals surface area contributed by atoms with Crippen LogP contribution in [0.15, 0.2) is 31.1 Å². The van der Waals surface area contributed by atoms with Crippen LogP contribution in [0.25, 0.3) is 11.0 Å². The molecule has 3 heterocycles. The molecular weight excluding hydrogens is 496 g/mol. The number of carbonyl (C=O) groups is 3. The quantitative estimate of drug-likeness (QED) is 0.472. The molecule has 2 aromatic heterocycles. The minimum atomic E-state index is -0.529. The van der Waals surface area contributed by atoms with Gasteiger partial charge in [0, 0.05) is 27.2 Å². The molecule has 0 saturated carbocycles. The number of anilines is 2. The molecule has 3 N–H and O–H groups in total. The molecule has 1 atom stereocenters. The van der Waals surface area contributed by atoms with Crippen molar-refractivity contribution in [2.45, 2.75) is 32.2 Å². The van der Waals surface area contributed by atoms with E-state index in [1.165, 1.54) is 17.3 Å². The molecule has 1 unspecified atom stereocenters. The Morgan fingerprint density at radius 2 is 2.05 bits per heavy atom. The van der Waals surface area contributed by atoms with Gasteiger partial charge in [0.05, 0.1) is 28.6 Å². The number of amides is 3. The van der Waals surface area contributed by atoms with Gasteiger partial charge in [-0.05, 0) is 43.0 Å². The number of likely N-dealkylation sites (tertiary alicyclic amines) is 1. The molecule has 194 valence electrons. The molecule has 1 aliphatic heterocycles. The van der Waals surface area contributed by atoms with Crippen LogP contribution in [0.2, 0.25) is 5.02 Å². The lowest BCUT2D eigenvalue weighted by atomic mass is 10.0. The highest BCUT2D eigenvalue weighted by atomic mass is 35.5. The molecule has 37 heavy (non-hydrogen) atoms. The number of hydrogen-bond acceptors (Lipinski definition) is 7. The van der Waals surface area contributed by atoms with E-state index in [4.69, 9.17) is 17.3 Å². The number of nitrogens with one attached hydrogen (secondary N) is 1. The van der Waals surface area contributed by atoms with Crippen LogP contribution in [0.3, 0.4) is 0 Å². The zero-order valence-electron chi connectivity index (χ0n) is 21.0. The Bertz CT molecular complexity index is 1400. The maximum absolute atomic E-state index is 13.4. The number of piperidine rings is 1. The topological polar surface area (TPSA) is 139 Å². The van der Waals surface area contributed by atoms with Gasteiger partial charge in [0.1, 0.15) is 12.1 Å². The molecule has 0 bridgehead atoms. The first-order valence-electron chi connectivity index (χ1n) is 11.8. The van der Waals surface area contributed by atoms with Crippen LogP contribution in [0.4, 0.5) is 11.5 Å². The summed E-state index contributed by atoms with van der Waals surface area (Å²) in [5, 5.41) is 8.05. The summed E-state index contributed by atoms with van der Waals surface area (Å²) in [6, 6.07) is 3.22. The lowest BCUT2D eigenvalue weighted by Crippen LogP contribution is -2.40. The highest BCUT2D eigenvalue weighted by Crippen LogP contribution is 2.32. The summed E-state index contributed by atoms with van der Waals surface area (Å²) in [5.41, 5.74) is 8.46. The van der Waals surface area contributed by atoms with Crippen molar-refractivity contribution in [3.8, 4) is 0 Å². The van der Waals surface area contributed by atoms with E-state index in [2.05, 4.69) is 27.0 Å². The molecule has 0 aliphatic carbocycles. The third-order valence-corrected chi connectivity index (χ3v) is 7.04. The maximum atomic E-state index is 13.4. The van der Waals surface area contributed by atoms with Crippen molar-refractivity contribution in [2.75, 3.05) is 38.2 Å². The van der Waals surface area contributed by atoms with E-state index in [9.17, 15) is 14.4 Å². The van der Waals surface area contributed by atoms with Crippen molar-refractivity contribution in [3.63, 3.8) is 0 Å². The van der Waals surface area contributed by atoms with Crippen molar-refractivity contribution in [1.82, 2.24) is 29.5 Å². The summed E-state index contributed by atoms with van der Waals surface area (Å²) in [7, 11) is 3.38. The fourth-order valence-electron chi connectivity index (χ4n) is 4.41. The molecule has 0 spiro atoms. The smallest absolute Gasteiger partial charge is 0.277 e. The lowest BCUT2D eigenvalue weighted by molar-refractivity contribution is -0.128. The van der Waals surface area contributed by atoms with Gasteiger partial charge in [-0.1, -0.05) is 24.2 Å². The number of nitrogens with zero attached hydrogens (tertiary/aromatic N) is 6. The first-order chi connectivity index (χ1) is 17.6. The lowest BCUT2D eigenvalue weighted by Gasteiger charge is -2.32. The second kappa shape index (κ2) is 10.6. The number of halogens is 1. The largest absolute Gasteiger partial charge is 0.383 e. The van der Waals surface area contributed by atoms with Gasteiger partial charge in [0.2, 0.25) is 11.8 Å². The summed E-state index contributed by atoms with van der Waals surface area (Å²) in [6.07, 6.45) is 4.32. The number of aromatic nitrogens is 4. The first kappa shape index (κ1) is 26.1. The Kier molecular flexibility index (Phi) is 7.44. The van der Waals surface area contributed by atoms with Gasteiger partial charge in [-0.3, -0.25) is 14.4 Å². The number of nitrogens with two attached hydrogens (primary N) is 1. The van der Waals surface area contributed by atoms with Crippen molar-refractivity contribution in [2.24, 2.45) is 0 Å². The van der Waals surface area contributed by atoms with Crippen molar-refractivity contribution < 1.29 is 14.4 Å². The second-order valence-electron chi connectivity index (χ2n) is 9.17. The van der Waals surface area contributed by atoms with Crippen molar-refractivity contribution in [3.05, 3.63) is 53.0 Å². The predicted octanol–water partition coefficient (Wildman–Crippen LogP) is 2.60. The van der Waals surface area contributed by atoms with E-state index in [1.54, 1.807) is 42.7 Å². The predicted molar refractivity (Wildman–Crippen MR) is 141 cm³/mol. The summed E-state index contributed by atoms with van der Waals surface area (Å²) in [5.74, 6) is -0.622. The Labute approximate surface area is 219 Å². The second-order valence-corrected chi connectivity index (χ2v) is 9.54. The molecule has 1 saturated heterocycles. The fourth-order valence-corrected chi connectivity index (χ4v) is 4.64. The van der Waals surface area contributed by atoms with E-state index in [0.717, 1.165) is 18.4 Å². The minimum absolute atomic E-state index is 0.0560. The van der Waals surface area contributed by atoms with Gasteiger partial charge in [0.15, 0.2) is 11.3 Å². The van der Waals surface area contributed by atoms with Crippen molar-refractivity contribution >= 4 is 51.9 Å². The van der Waals surface area contributed by atoms with E-state index >= 15 is 0 Å². The summed E-state index contributed by atoms with van der Waals surface area (Å²) in [6.45, 7) is 6.40. The van der Waals surface area contributed by atoms with Crippen LogP contribution in [0.5, 0.6) is 0 Å². The number of nitrogen functional groups attached to an aromatic ring is 1. The van der Waals surface area contributed by atoms with Crippen LogP contribution in [0, 0.1) is 6.92 Å². The molecule has 3 amide bonds. The highest BCUT2D eigenvalue weighted by Gasteiger charge is 2.29. The average molecular weight is 525 g/mol. The number of carbonyl (C=O) groups excluding carboxylic acids is 3. The van der Waals surface area contributed by atoms with Crippen LogP contribution >= 0.6 is 11.6 Å². The fraction of sp³-hybridized carbons (Fsp3) is 0.360. The van der Waals surface area contributed by atoms with Gasteiger partial charge in [-0.25, -0.2) is 14.6 Å². The van der Waals surface area contributed by atoms with Gasteiger partial charge < -0.3 is 20.9 Å². The zero-order chi connectivity index (χ0) is 26.9. The molecule has 0 radical (unpaired) electrons. The summed E-state index contributed by atoms with van der Waals surface area (Å²) in [4.78, 5) is 49.3. The number of rotatable bonds is 6. The van der Waals surface area contributed by atoms with Crippen LogP contribution in [-0.4, -0.2) is 74.5 Å². The van der Waals surface area contributed by atoms with E-state index in [-0.39, 0.29) is 35.8 Å². The molecular formula is C25H29ClN8O3. The molecule has 1 aliphatic rings. The Morgan fingerprint density at radius 3 is 2.76 bits per heavy atom. The van der Waals surface area contributed by atoms with E-state index in [1.807, 2.05) is 0 Å². The standard InChI is InChI=1S/C25H29ClN8O3/c1-5-18(35)33-10-6-7-16(12-33)34-24-20(23(27)28-13-29-24)22(31-34)25(37)30-17-9-8-15(14(2)21(17)26)11-19(36)32(3)4/h5,8-9,13,16H,1,6-7,10-12H2,2-4H3,(H,30,37)(H2,27,28,29). The normalized spacial score (nSPS) is 15.5. The number of benzene rings is 1. The van der Waals surface area contributed by atoms with Crippen LogP contribution in [0.1, 0.15) is 40.5 Å². The van der Waals surface area contributed by atoms with Crippen molar-refractivity contribution in [1.29, 1.82) is 0 Å². The van der Waals surface area contributed by atoms with Gasteiger partial charge >= 0.3 is 0 Å². The van der Waals surface area contributed by atoms with E-state index in [0.29, 0.717) is 40.4 Å². The zero-order valence-corrected chi connectivity index (χ0v) is 21.7. The van der Waals surface area contributed by atoms with Crippen LogP contribution in [-0.2, 0) is 16.0 Å². The first-order valence-corrected chi connectivity index (χ1v) is 12.2. The third-order valence-electron chi connectivity index (χ3n) is 6.55. The molecule has 1 aromatic carbocycles. The molecule has 12 heteroatoms. The maximum Gasteiger partial charge on any atom is 0.277 e. The highest BCUT2D eigenvalue weighted by molar-refractivity contribution is 6.35. The average Bonchev–Trinajstić information content (AvgIpc) is 3.29. The Balaban J connectivity index is 1.66. The third kappa shape index (κ3) is 5.12. The van der Waals surface area contributed by atoms with Gasteiger partial charge in [-0.2, -0.15) is 5.10 Å². The Hall–Kier alpha value is -3.99. The SMILES string of the molecule is C=CC(=O)N1CCCC(n2nc(C(=O)Nc3ccc(CC(=O)N(C)C)c(C)c3Cl)c3c(N)ncnc32)C1. The molecule has 3 aromatic rings. The number of fused-ring (bicyclic) bond motifs is 1. The Morgan fingerprint density at radius 1 is 1.30 bits per heavy atom. The number of hydrogen-bond donors (Lipinski definition) is 2. The van der Waals surface area contributed by atoms with Gasteiger partial charge in [-0.15, -0.1) is 0 Å². The minimum Gasteiger partial charge on any atom is -0.383 e. The van der Waals surface area contributed by atoms with E-state index < -0.39 is 5.91 Å². The van der Waals surface area contributed by atoms with Crippen LogP contribution < -0.4 is 11.1 Å².